The zero-order chi connectivity index (χ0) is 22.0. The van der Waals surface area contributed by atoms with Crippen LogP contribution in [0, 0.1) is 12.3 Å². The molecule has 4 rings (SSSR count). The van der Waals surface area contributed by atoms with Crippen LogP contribution in [0.4, 0.5) is 5.82 Å². The predicted octanol–water partition coefficient (Wildman–Crippen LogP) is 2.56. The summed E-state index contributed by atoms with van der Waals surface area (Å²) in [5.41, 5.74) is 5.70. The van der Waals surface area contributed by atoms with Gasteiger partial charge < -0.3 is 20.2 Å². The molecule has 1 aromatic carbocycles. The van der Waals surface area contributed by atoms with Crippen LogP contribution in [-0.4, -0.2) is 69.7 Å². The predicted molar refractivity (Wildman–Crippen MR) is 128 cm³/mol. The van der Waals surface area contributed by atoms with Gasteiger partial charge >= 0.3 is 0 Å². The summed E-state index contributed by atoms with van der Waals surface area (Å²) in [5.74, 6) is 0.901. The normalized spacial score (nSPS) is 16.5. The highest BCUT2D eigenvalue weighted by molar-refractivity contribution is 7.88. The summed E-state index contributed by atoms with van der Waals surface area (Å²) >= 11 is -0.932. The van der Waals surface area contributed by atoms with Crippen LogP contribution >= 0.6 is 0 Å². The minimum absolute atomic E-state index is 0.757. The van der Waals surface area contributed by atoms with Gasteiger partial charge in [-0.25, -0.2) is 4.98 Å². The fourth-order valence-corrected chi connectivity index (χ4v) is 4.64. The highest BCUT2D eigenvalue weighted by atomic mass is 32.2. The number of aromatic nitrogens is 3. The lowest BCUT2D eigenvalue weighted by Crippen LogP contribution is -2.48. The SMILES string of the molecule is CN/C=C(\C=N)c1cc(C)c2[nH]nc(-c3ccnc(N4CCN([S+](C)[O-])CC4)c3)c2c1. The van der Waals surface area contributed by atoms with Gasteiger partial charge in [-0.3, -0.25) is 5.10 Å². The van der Waals surface area contributed by atoms with Crippen LogP contribution in [0.25, 0.3) is 27.7 Å². The van der Waals surface area contributed by atoms with E-state index in [1.54, 1.807) is 6.26 Å². The van der Waals surface area contributed by atoms with E-state index in [9.17, 15) is 4.55 Å². The Kier molecular flexibility index (Phi) is 6.26. The largest absolute Gasteiger partial charge is 0.598 e. The van der Waals surface area contributed by atoms with Crippen molar-refractivity contribution in [2.24, 2.45) is 0 Å². The summed E-state index contributed by atoms with van der Waals surface area (Å²) in [5, 5.41) is 19.6. The Hall–Kier alpha value is -2.88. The number of anilines is 1. The number of nitrogens with zero attached hydrogens (tertiary/aromatic N) is 4. The minimum atomic E-state index is -0.932. The van der Waals surface area contributed by atoms with Crippen molar-refractivity contribution < 1.29 is 4.55 Å². The quantitative estimate of drug-likeness (QED) is 0.404. The molecule has 1 aliphatic heterocycles. The lowest BCUT2D eigenvalue weighted by atomic mass is 9.99. The molecule has 1 aliphatic rings. The average molecular weight is 438 g/mol. The number of pyridine rings is 1. The monoisotopic (exact) mass is 437 g/mol. The maximum atomic E-state index is 11.7. The standard InChI is InChI=1S/C22H27N7OS/c1-15-10-17(18(13-23)14-24-2)11-19-21(15)26-27-22(19)16-4-5-25-20(12-16)28-6-8-29(9-7-28)31(3)30/h4-5,10-14,23-24H,6-9H2,1-3H3,(H,26,27)/b18-14+,23-13?. The number of piperazine rings is 1. The smallest absolute Gasteiger partial charge is 0.129 e. The highest BCUT2D eigenvalue weighted by Crippen LogP contribution is 2.32. The number of rotatable bonds is 6. The summed E-state index contributed by atoms with van der Waals surface area (Å²) in [4.78, 5) is 6.79. The lowest BCUT2D eigenvalue weighted by Gasteiger charge is -2.34. The van der Waals surface area contributed by atoms with Gasteiger partial charge in [0.1, 0.15) is 17.8 Å². The van der Waals surface area contributed by atoms with Gasteiger partial charge in [-0.15, -0.1) is 4.31 Å². The van der Waals surface area contributed by atoms with Crippen molar-refractivity contribution in [3.8, 4) is 11.3 Å². The second kappa shape index (κ2) is 9.09. The molecule has 1 fully saturated rings. The van der Waals surface area contributed by atoms with Crippen molar-refractivity contribution in [1.29, 1.82) is 5.41 Å². The van der Waals surface area contributed by atoms with E-state index in [0.29, 0.717) is 0 Å². The summed E-state index contributed by atoms with van der Waals surface area (Å²) in [6.07, 6.45) is 6.71. The summed E-state index contributed by atoms with van der Waals surface area (Å²) in [6.45, 7) is 5.14. The molecular formula is C22H27N7OS. The zero-order valence-electron chi connectivity index (χ0n) is 18.0. The second-order valence-corrected chi connectivity index (χ2v) is 8.93. The molecule has 0 amide bonds. The van der Waals surface area contributed by atoms with Gasteiger partial charge in [0.2, 0.25) is 0 Å². The van der Waals surface area contributed by atoms with Crippen LogP contribution in [0.2, 0.25) is 0 Å². The molecule has 2 aromatic heterocycles. The van der Waals surface area contributed by atoms with Crippen molar-refractivity contribution >= 4 is 39.9 Å². The van der Waals surface area contributed by atoms with Gasteiger partial charge in [0.05, 0.1) is 18.6 Å². The van der Waals surface area contributed by atoms with Gasteiger partial charge in [-0.05, 0) is 42.3 Å². The first kappa shape index (κ1) is 21.4. The van der Waals surface area contributed by atoms with E-state index >= 15 is 0 Å². The molecule has 31 heavy (non-hydrogen) atoms. The second-order valence-electron chi connectivity index (χ2n) is 7.56. The van der Waals surface area contributed by atoms with Crippen molar-refractivity contribution in [1.82, 2.24) is 24.8 Å². The molecule has 3 N–H and O–H groups in total. The van der Waals surface area contributed by atoms with Gasteiger partial charge in [0.15, 0.2) is 0 Å². The number of fused-ring (bicyclic) bond motifs is 1. The Morgan fingerprint density at radius 2 is 2.03 bits per heavy atom. The third-order valence-electron chi connectivity index (χ3n) is 5.60. The Morgan fingerprint density at radius 3 is 2.71 bits per heavy atom. The third kappa shape index (κ3) is 4.30. The van der Waals surface area contributed by atoms with Crippen LogP contribution in [0.5, 0.6) is 0 Å². The molecule has 0 spiro atoms. The Morgan fingerprint density at radius 1 is 1.26 bits per heavy atom. The van der Waals surface area contributed by atoms with Gasteiger partial charge in [-0.1, -0.05) is 0 Å². The van der Waals surface area contributed by atoms with E-state index < -0.39 is 11.4 Å². The topological polar surface area (TPSA) is 107 Å². The summed E-state index contributed by atoms with van der Waals surface area (Å²) in [6, 6.07) is 8.18. The van der Waals surface area contributed by atoms with E-state index in [0.717, 1.165) is 70.9 Å². The fourth-order valence-electron chi connectivity index (χ4n) is 3.96. The molecular weight excluding hydrogens is 410 g/mol. The Balaban J connectivity index is 1.69. The zero-order valence-corrected chi connectivity index (χ0v) is 18.8. The number of aryl methyl sites for hydroxylation is 1. The Labute approximate surface area is 185 Å². The number of nitrogens with one attached hydrogen (secondary N) is 3. The number of hydrogen-bond donors (Lipinski definition) is 3. The average Bonchev–Trinajstić information content (AvgIpc) is 3.22. The minimum Gasteiger partial charge on any atom is -0.598 e. The van der Waals surface area contributed by atoms with Crippen molar-refractivity contribution in [3.63, 3.8) is 0 Å². The molecule has 0 aliphatic carbocycles. The third-order valence-corrected chi connectivity index (χ3v) is 6.70. The first-order valence-electron chi connectivity index (χ1n) is 10.2. The summed E-state index contributed by atoms with van der Waals surface area (Å²) < 4.78 is 13.7. The van der Waals surface area contributed by atoms with Crippen LogP contribution < -0.4 is 10.2 Å². The fraction of sp³-hybridized carbons (Fsp3) is 0.318. The van der Waals surface area contributed by atoms with Crippen molar-refractivity contribution in [2.75, 3.05) is 44.4 Å². The molecule has 3 aromatic rings. The highest BCUT2D eigenvalue weighted by Gasteiger charge is 2.24. The molecule has 0 saturated carbocycles. The molecule has 162 valence electrons. The molecule has 0 bridgehead atoms. The molecule has 1 saturated heterocycles. The van der Waals surface area contributed by atoms with Gasteiger partial charge in [0.25, 0.3) is 0 Å². The van der Waals surface area contributed by atoms with E-state index in [-0.39, 0.29) is 0 Å². The molecule has 9 heteroatoms. The first-order chi connectivity index (χ1) is 15.0. The number of allylic oxidation sites excluding steroid dienone is 1. The number of benzene rings is 1. The van der Waals surface area contributed by atoms with Crippen LogP contribution in [0.15, 0.2) is 36.7 Å². The van der Waals surface area contributed by atoms with Gasteiger partial charge in [0, 0.05) is 66.6 Å². The van der Waals surface area contributed by atoms with Crippen LogP contribution in [0.3, 0.4) is 0 Å². The van der Waals surface area contributed by atoms with Crippen LogP contribution in [0.1, 0.15) is 11.1 Å². The maximum absolute atomic E-state index is 11.7. The molecule has 1 unspecified atom stereocenters. The van der Waals surface area contributed by atoms with Crippen LogP contribution in [-0.2, 0) is 11.4 Å². The van der Waals surface area contributed by atoms with E-state index in [1.807, 2.05) is 36.7 Å². The maximum Gasteiger partial charge on any atom is 0.129 e. The van der Waals surface area contributed by atoms with E-state index in [4.69, 9.17) is 5.41 Å². The molecule has 0 radical (unpaired) electrons. The Bertz CT molecular complexity index is 1120. The van der Waals surface area contributed by atoms with Crippen molar-refractivity contribution in [3.05, 3.63) is 47.8 Å². The van der Waals surface area contributed by atoms with Gasteiger partial charge in [-0.2, -0.15) is 5.10 Å². The van der Waals surface area contributed by atoms with E-state index in [2.05, 4.69) is 43.6 Å². The molecule has 8 nitrogen and oxygen atoms in total. The van der Waals surface area contributed by atoms with Crippen molar-refractivity contribution in [2.45, 2.75) is 6.92 Å². The van der Waals surface area contributed by atoms with E-state index in [1.165, 1.54) is 6.21 Å². The lowest BCUT2D eigenvalue weighted by molar-refractivity contribution is 0.387. The molecule has 1 atom stereocenters. The summed E-state index contributed by atoms with van der Waals surface area (Å²) in [7, 11) is 1.83. The first-order valence-corrected chi connectivity index (χ1v) is 11.7. The number of H-pyrrole nitrogens is 1. The molecule has 3 heterocycles. The number of hydrogen-bond acceptors (Lipinski definition) is 7. The number of aromatic amines is 1.